The molecule has 0 atom stereocenters. The van der Waals surface area contributed by atoms with E-state index in [-0.39, 0.29) is 30.3 Å². The fourth-order valence-corrected chi connectivity index (χ4v) is 2.63. The van der Waals surface area contributed by atoms with Crippen LogP contribution in [-0.2, 0) is 4.79 Å². The van der Waals surface area contributed by atoms with Crippen LogP contribution >= 0.6 is 0 Å². The van der Waals surface area contributed by atoms with Gasteiger partial charge in [-0.15, -0.1) is 0 Å². The number of rotatable bonds is 7. The maximum atomic E-state index is 13.6. The van der Waals surface area contributed by atoms with Gasteiger partial charge in [0.25, 0.3) is 11.8 Å². The number of anilines is 2. The van der Waals surface area contributed by atoms with Crippen LogP contribution in [0.15, 0.2) is 73.1 Å². The van der Waals surface area contributed by atoms with Crippen molar-refractivity contribution in [2.24, 2.45) is 0 Å². The highest BCUT2D eigenvalue weighted by Gasteiger charge is 2.11. The molecular formula is C22H19FN4O3. The summed E-state index contributed by atoms with van der Waals surface area (Å²) >= 11 is 0. The maximum Gasteiger partial charge on any atom is 0.257 e. The lowest BCUT2D eigenvalue weighted by Crippen LogP contribution is -2.28. The van der Waals surface area contributed by atoms with Crippen molar-refractivity contribution in [3.8, 4) is 0 Å². The lowest BCUT2D eigenvalue weighted by atomic mass is 10.2. The normalized spacial score (nSPS) is 10.2. The summed E-state index contributed by atoms with van der Waals surface area (Å²) in [5.74, 6) is -1.85. The standard InChI is InChI=1S/C22H19FN4O3/c23-19-9-2-1-8-18(19)22(30)25-12-10-20(28)26-16-6-3-7-17(13-16)27-21(29)15-5-4-11-24-14-15/h1-9,11,13-14H,10,12H2,(H,25,30)(H,26,28)(H,27,29). The Morgan fingerprint density at radius 2 is 1.63 bits per heavy atom. The Morgan fingerprint density at radius 3 is 2.37 bits per heavy atom. The van der Waals surface area contributed by atoms with Gasteiger partial charge in [0.1, 0.15) is 5.82 Å². The van der Waals surface area contributed by atoms with Gasteiger partial charge in [-0.3, -0.25) is 19.4 Å². The number of hydrogen-bond donors (Lipinski definition) is 3. The number of amides is 3. The van der Waals surface area contributed by atoms with Crippen molar-refractivity contribution < 1.29 is 18.8 Å². The highest BCUT2D eigenvalue weighted by Crippen LogP contribution is 2.16. The fraction of sp³-hybridized carbons (Fsp3) is 0.0909. The second kappa shape index (κ2) is 9.92. The van der Waals surface area contributed by atoms with E-state index in [1.54, 1.807) is 48.7 Å². The lowest BCUT2D eigenvalue weighted by Gasteiger charge is -2.09. The quantitative estimate of drug-likeness (QED) is 0.561. The number of nitrogens with zero attached hydrogens (tertiary/aromatic N) is 1. The molecule has 0 unspecified atom stereocenters. The van der Waals surface area contributed by atoms with E-state index in [0.717, 1.165) is 0 Å². The minimum Gasteiger partial charge on any atom is -0.351 e. The van der Waals surface area contributed by atoms with Gasteiger partial charge < -0.3 is 16.0 Å². The summed E-state index contributed by atoms with van der Waals surface area (Å²) in [6.45, 7) is 0.0520. The van der Waals surface area contributed by atoms with Crippen molar-refractivity contribution >= 4 is 29.1 Å². The van der Waals surface area contributed by atoms with E-state index in [0.29, 0.717) is 16.9 Å². The minimum atomic E-state index is -0.621. The van der Waals surface area contributed by atoms with Crippen LogP contribution in [-0.4, -0.2) is 29.3 Å². The highest BCUT2D eigenvalue weighted by atomic mass is 19.1. The Labute approximate surface area is 172 Å². The minimum absolute atomic E-state index is 0.00641. The van der Waals surface area contributed by atoms with Gasteiger partial charge in [0.05, 0.1) is 11.1 Å². The molecule has 0 aliphatic rings. The van der Waals surface area contributed by atoms with Gasteiger partial charge in [0.15, 0.2) is 0 Å². The van der Waals surface area contributed by atoms with E-state index in [2.05, 4.69) is 20.9 Å². The van der Waals surface area contributed by atoms with Crippen molar-refractivity contribution in [1.29, 1.82) is 0 Å². The SMILES string of the molecule is O=C(CCNC(=O)c1ccccc1F)Nc1cccc(NC(=O)c2cccnc2)c1. The zero-order chi connectivity index (χ0) is 21.3. The molecule has 0 bridgehead atoms. The smallest absolute Gasteiger partial charge is 0.257 e. The van der Waals surface area contributed by atoms with E-state index in [1.165, 1.54) is 24.4 Å². The fourth-order valence-electron chi connectivity index (χ4n) is 2.63. The van der Waals surface area contributed by atoms with E-state index in [1.807, 2.05) is 0 Å². The molecule has 1 aromatic heterocycles. The highest BCUT2D eigenvalue weighted by molar-refractivity contribution is 6.04. The zero-order valence-corrected chi connectivity index (χ0v) is 15.9. The molecule has 7 nitrogen and oxygen atoms in total. The molecule has 0 saturated carbocycles. The predicted molar refractivity (Wildman–Crippen MR) is 111 cm³/mol. The summed E-state index contributed by atoms with van der Waals surface area (Å²) in [7, 11) is 0. The number of nitrogens with one attached hydrogen (secondary N) is 3. The predicted octanol–water partition coefficient (Wildman–Crippen LogP) is 3.23. The molecule has 3 rings (SSSR count). The molecule has 0 fully saturated rings. The second-order valence-corrected chi connectivity index (χ2v) is 6.31. The largest absolute Gasteiger partial charge is 0.351 e. The number of carbonyl (C=O) groups excluding carboxylic acids is 3. The summed E-state index contributed by atoms with van der Waals surface area (Å²) in [5, 5.41) is 7.93. The van der Waals surface area contributed by atoms with Crippen LogP contribution < -0.4 is 16.0 Å². The number of hydrogen-bond acceptors (Lipinski definition) is 4. The molecular weight excluding hydrogens is 387 g/mol. The number of carbonyl (C=O) groups is 3. The van der Waals surface area contributed by atoms with Crippen molar-refractivity contribution in [2.45, 2.75) is 6.42 Å². The average Bonchev–Trinajstić information content (AvgIpc) is 2.75. The third kappa shape index (κ3) is 5.71. The molecule has 3 amide bonds. The molecule has 0 saturated heterocycles. The number of halogens is 1. The summed E-state index contributed by atoms with van der Waals surface area (Å²) in [6.07, 6.45) is 3.04. The van der Waals surface area contributed by atoms with Gasteiger partial charge in [0.2, 0.25) is 5.91 Å². The molecule has 30 heavy (non-hydrogen) atoms. The van der Waals surface area contributed by atoms with Gasteiger partial charge in [-0.25, -0.2) is 4.39 Å². The third-order valence-corrected chi connectivity index (χ3v) is 4.08. The first-order valence-electron chi connectivity index (χ1n) is 9.17. The molecule has 0 spiro atoms. The van der Waals surface area contributed by atoms with Crippen LogP contribution in [0.1, 0.15) is 27.1 Å². The molecule has 1 heterocycles. The van der Waals surface area contributed by atoms with Crippen LogP contribution in [0.3, 0.4) is 0 Å². The Bertz CT molecular complexity index is 1060. The first-order chi connectivity index (χ1) is 14.5. The number of benzene rings is 2. The topological polar surface area (TPSA) is 100 Å². The molecule has 2 aromatic carbocycles. The van der Waals surface area contributed by atoms with Crippen LogP contribution in [0.5, 0.6) is 0 Å². The summed E-state index contributed by atoms with van der Waals surface area (Å²) < 4.78 is 13.6. The Balaban J connectivity index is 1.49. The van der Waals surface area contributed by atoms with Crippen molar-refractivity contribution in [3.05, 3.63) is 90.0 Å². The van der Waals surface area contributed by atoms with Crippen molar-refractivity contribution in [2.75, 3.05) is 17.2 Å². The molecule has 0 aliphatic heterocycles. The maximum absolute atomic E-state index is 13.6. The Kier molecular flexibility index (Phi) is 6.83. The third-order valence-electron chi connectivity index (χ3n) is 4.08. The van der Waals surface area contributed by atoms with Crippen LogP contribution in [0.2, 0.25) is 0 Å². The second-order valence-electron chi connectivity index (χ2n) is 6.31. The van der Waals surface area contributed by atoms with E-state index in [9.17, 15) is 18.8 Å². The molecule has 152 valence electrons. The van der Waals surface area contributed by atoms with Gasteiger partial charge in [0, 0.05) is 36.7 Å². The summed E-state index contributed by atoms with van der Waals surface area (Å²) in [6, 6.07) is 15.6. The van der Waals surface area contributed by atoms with Gasteiger partial charge in [-0.1, -0.05) is 18.2 Å². The van der Waals surface area contributed by atoms with Crippen LogP contribution in [0.4, 0.5) is 15.8 Å². The summed E-state index contributed by atoms with van der Waals surface area (Å²) in [4.78, 5) is 40.2. The molecule has 3 N–H and O–H groups in total. The molecule has 8 heteroatoms. The molecule has 3 aromatic rings. The van der Waals surface area contributed by atoms with Gasteiger partial charge in [-0.05, 0) is 42.5 Å². The van der Waals surface area contributed by atoms with Crippen LogP contribution in [0.25, 0.3) is 0 Å². The Morgan fingerprint density at radius 1 is 0.867 bits per heavy atom. The summed E-state index contributed by atoms with van der Waals surface area (Å²) in [5.41, 5.74) is 1.34. The Hall–Kier alpha value is -4.07. The van der Waals surface area contributed by atoms with Crippen molar-refractivity contribution in [1.82, 2.24) is 10.3 Å². The lowest BCUT2D eigenvalue weighted by molar-refractivity contribution is -0.116. The van der Waals surface area contributed by atoms with Gasteiger partial charge >= 0.3 is 0 Å². The van der Waals surface area contributed by atoms with E-state index >= 15 is 0 Å². The first kappa shape index (κ1) is 20.7. The molecule has 0 aliphatic carbocycles. The van der Waals surface area contributed by atoms with E-state index in [4.69, 9.17) is 0 Å². The number of aromatic nitrogens is 1. The average molecular weight is 406 g/mol. The number of pyridine rings is 1. The van der Waals surface area contributed by atoms with E-state index < -0.39 is 11.7 Å². The van der Waals surface area contributed by atoms with Crippen LogP contribution in [0, 0.1) is 5.82 Å². The monoisotopic (exact) mass is 406 g/mol. The zero-order valence-electron chi connectivity index (χ0n) is 15.9. The molecule has 0 radical (unpaired) electrons. The van der Waals surface area contributed by atoms with Crippen molar-refractivity contribution in [3.63, 3.8) is 0 Å². The van der Waals surface area contributed by atoms with Gasteiger partial charge in [-0.2, -0.15) is 0 Å². The first-order valence-corrected chi connectivity index (χ1v) is 9.17.